The summed E-state index contributed by atoms with van der Waals surface area (Å²) < 4.78 is 5.17. The van der Waals surface area contributed by atoms with Gasteiger partial charge in [-0.05, 0) is 11.6 Å². The quantitative estimate of drug-likeness (QED) is 0.774. The predicted octanol–water partition coefficient (Wildman–Crippen LogP) is 0.336. The Hall–Kier alpha value is -1.75. The van der Waals surface area contributed by atoms with E-state index in [-0.39, 0.29) is 12.5 Å². The highest BCUT2D eigenvalue weighted by Crippen LogP contribution is 2.24. The second-order valence-electron chi connectivity index (χ2n) is 3.73. The van der Waals surface area contributed by atoms with Gasteiger partial charge in [0.05, 0.1) is 13.7 Å². The van der Waals surface area contributed by atoms with Crippen molar-refractivity contribution in [2.45, 2.75) is 6.54 Å². The van der Waals surface area contributed by atoms with E-state index in [4.69, 9.17) is 10.5 Å². The Kier molecular flexibility index (Phi) is 4.78. The Morgan fingerprint density at radius 2 is 2.24 bits per heavy atom. The van der Waals surface area contributed by atoms with Crippen LogP contribution in [-0.2, 0) is 11.3 Å². The van der Waals surface area contributed by atoms with Crippen molar-refractivity contribution in [1.29, 1.82) is 0 Å². The van der Waals surface area contributed by atoms with Crippen molar-refractivity contribution < 1.29 is 9.53 Å². The van der Waals surface area contributed by atoms with Crippen LogP contribution >= 0.6 is 0 Å². The first-order chi connectivity index (χ1) is 8.12. The van der Waals surface area contributed by atoms with Crippen molar-refractivity contribution in [2.24, 2.45) is 5.73 Å². The molecule has 1 aromatic carbocycles. The molecule has 0 saturated carbocycles. The van der Waals surface area contributed by atoms with Crippen molar-refractivity contribution in [2.75, 3.05) is 32.6 Å². The fourth-order valence-corrected chi connectivity index (χ4v) is 1.58. The smallest absolute Gasteiger partial charge is 0.239 e. The summed E-state index contributed by atoms with van der Waals surface area (Å²) in [6.07, 6.45) is 0. The zero-order valence-corrected chi connectivity index (χ0v) is 10.5. The number of benzene rings is 1. The number of carbonyl (C=O) groups is 1. The predicted molar refractivity (Wildman–Crippen MR) is 68.2 cm³/mol. The lowest BCUT2D eigenvalue weighted by molar-refractivity contribution is -0.119. The lowest BCUT2D eigenvalue weighted by Gasteiger charge is -2.21. The minimum atomic E-state index is -0.0432. The minimum absolute atomic E-state index is 0.0432. The summed E-state index contributed by atoms with van der Waals surface area (Å²) in [5.41, 5.74) is 7.57. The highest BCUT2D eigenvalue weighted by atomic mass is 16.5. The number of methoxy groups -OCH3 is 1. The van der Waals surface area contributed by atoms with E-state index in [1.54, 1.807) is 14.2 Å². The third-order valence-electron chi connectivity index (χ3n) is 2.58. The number of nitrogens with two attached hydrogens (primary N) is 1. The zero-order chi connectivity index (χ0) is 12.8. The van der Waals surface area contributed by atoms with Crippen LogP contribution in [0.4, 0.5) is 5.69 Å². The van der Waals surface area contributed by atoms with Gasteiger partial charge >= 0.3 is 0 Å². The topological polar surface area (TPSA) is 67.6 Å². The van der Waals surface area contributed by atoms with Crippen LogP contribution in [-0.4, -0.2) is 33.7 Å². The summed E-state index contributed by atoms with van der Waals surface area (Å²) in [5.74, 6) is 0.708. The summed E-state index contributed by atoms with van der Waals surface area (Å²) in [6, 6.07) is 5.65. The van der Waals surface area contributed by atoms with Gasteiger partial charge in [0.2, 0.25) is 5.91 Å². The van der Waals surface area contributed by atoms with Crippen LogP contribution in [0.3, 0.4) is 0 Å². The molecule has 0 fully saturated rings. The molecule has 17 heavy (non-hydrogen) atoms. The third-order valence-corrected chi connectivity index (χ3v) is 2.58. The van der Waals surface area contributed by atoms with Gasteiger partial charge in [-0.15, -0.1) is 0 Å². The highest BCUT2D eigenvalue weighted by Gasteiger charge is 2.10. The molecule has 1 rings (SSSR count). The van der Waals surface area contributed by atoms with E-state index >= 15 is 0 Å². The maximum atomic E-state index is 11.3. The van der Waals surface area contributed by atoms with Crippen LogP contribution < -0.4 is 20.7 Å². The zero-order valence-electron chi connectivity index (χ0n) is 10.5. The summed E-state index contributed by atoms with van der Waals surface area (Å²) in [6.45, 7) is 0.716. The standard InChI is InChI=1S/C12H19N3O2/c1-14-12(16)8-15(2)11-6-10(17-3)5-4-9(11)7-13/h4-6H,7-8,13H2,1-3H3,(H,14,16). The van der Waals surface area contributed by atoms with Gasteiger partial charge in [0.15, 0.2) is 0 Å². The van der Waals surface area contributed by atoms with E-state index in [9.17, 15) is 4.79 Å². The number of anilines is 1. The normalized spacial score (nSPS) is 9.88. The van der Waals surface area contributed by atoms with E-state index < -0.39 is 0 Å². The summed E-state index contributed by atoms with van der Waals surface area (Å²) in [4.78, 5) is 13.2. The second-order valence-corrected chi connectivity index (χ2v) is 3.73. The van der Waals surface area contributed by atoms with E-state index in [0.717, 1.165) is 17.0 Å². The Morgan fingerprint density at radius 1 is 1.53 bits per heavy atom. The molecule has 94 valence electrons. The number of rotatable bonds is 5. The summed E-state index contributed by atoms with van der Waals surface area (Å²) in [5, 5.41) is 2.59. The highest BCUT2D eigenvalue weighted by molar-refractivity contribution is 5.81. The SMILES string of the molecule is CNC(=O)CN(C)c1cc(OC)ccc1CN. The molecule has 0 radical (unpaired) electrons. The third kappa shape index (κ3) is 3.35. The molecule has 5 nitrogen and oxygen atoms in total. The van der Waals surface area contributed by atoms with Crippen LogP contribution in [0.2, 0.25) is 0 Å². The maximum Gasteiger partial charge on any atom is 0.239 e. The van der Waals surface area contributed by atoms with Gasteiger partial charge < -0.3 is 20.7 Å². The largest absolute Gasteiger partial charge is 0.497 e. The molecule has 0 aliphatic rings. The monoisotopic (exact) mass is 237 g/mol. The molecule has 0 bridgehead atoms. The molecule has 0 unspecified atom stereocenters. The van der Waals surface area contributed by atoms with E-state index in [0.29, 0.717) is 6.54 Å². The first kappa shape index (κ1) is 13.3. The van der Waals surface area contributed by atoms with Crippen molar-refractivity contribution in [3.63, 3.8) is 0 Å². The lowest BCUT2D eigenvalue weighted by atomic mass is 10.1. The molecule has 0 atom stereocenters. The van der Waals surface area contributed by atoms with Crippen LogP contribution in [0, 0.1) is 0 Å². The van der Waals surface area contributed by atoms with Crippen LogP contribution in [0.25, 0.3) is 0 Å². The average molecular weight is 237 g/mol. The Labute approximate surface area is 102 Å². The van der Waals surface area contributed by atoms with Gasteiger partial charge in [-0.2, -0.15) is 0 Å². The Morgan fingerprint density at radius 3 is 2.76 bits per heavy atom. The molecule has 0 heterocycles. The average Bonchev–Trinajstić information content (AvgIpc) is 2.37. The van der Waals surface area contributed by atoms with Gasteiger partial charge in [-0.3, -0.25) is 4.79 Å². The van der Waals surface area contributed by atoms with Gasteiger partial charge in [-0.25, -0.2) is 0 Å². The van der Waals surface area contributed by atoms with E-state index in [2.05, 4.69) is 5.32 Å². The van der Waals surface area contributed by atoms with Crippen LogP contribution in [0.15, 0.2) is 18.2 Å². The number of hydrogen-bond acceptors (Lipinski definition) is 4. The van der Waals surface area contributed by atoms with Crippen molar-refractivity contribution in [3.8, 4) is 5.75 Å². The molecule has 0 spiro atoms. The first-order valence-corrected chi connectivity index (χ1v) is 5.41. The summed E-state index contributed by atoms with van der Waals surface area (Å²) >= 11 is 0. The Bertz CT molecular complexity index is 393. The van der Waals surface area contributed by atoms with Gasteiger partial charge in [-0.1, -0.05) is 6.07 Å². The first-order valence-electron chi connectivity index (χ1n) is 5.41. The number of carbonyl (C=O) groups excluding carboxylic acids is 1. The van der Waals surface area contributed by atoms with Crippen molar-refractivity contribution >= 4 is 11.6 Å². The van der Waals surface area contributed by atoms with E-state index in [1.165, 1.54) is 0 Å². The maximum absolute atomic E-state index is 11.3. The van der Waals surface area contributed by atoms with Gasteiger partial charge in [0.1, 0.15) is 5.75 Å². The molecular formula is C12H19N3O2. The number of ether oxygens (including phenoxy) is 1. The number of nitrogens with one attached hydrogen (secondary N) is 1. The molecule has 3 N–H and O–H groups in total. The van der Waals surface area contributed by atoms with Crippen LogP contribution in [0.1, 0.15) is 5.56 Å². The Balaban J connectivity index is 2.96. The fraction of sp³-hybridized carbons (Fsp3) is 0.417. The molecule has 1 aromatic rings. The van der Waals surface area contributed by atoms with Crippen molar-refractivity contribution in [3.05, 3.63) is 23.8 Å². The minimum Gasteiger partial charge on any atom is -0.497 e. The second kappa shape index (κ2) is 6.10. The number of likely N-dealkylation sites (N-methyl/N-ethyl adjacent to an activating group) is 2. The molecule has 0 aliphatic heterocycles. The molecule has 0 saturated heterocycles. The van der Waals surface area contributed by atoms with E-state index in [1.807, 2.05) is 30.1 Å². The number of hydrogen-bond donors (Lipinski definition) is 2. The molecule has 0 aromatic heterocycles. The van der Waals surface area contributed by atoms with Gasteiger partial charge in [0.25, 0.3) is 0 Å². The molecular weight excluding hydrogens is 218 g/mol. The van der Waals surface area contributed by atoms with Gasteiger partial charge in [0, 0.05) is 32.4 Å². The number of nitrogens with zero attached hydrogens (tertiary/aromatic N) is 1. The summed E-state index contributed by atoms with van der Waals surface area (Å²) in [7, 11) is 5.08. The van der Waals surface area contributed by atoms with Crippen LogP contribution in [0.5, 0.6) is 5.75 Å². The fourth-order valence-electron chi connectivity index (χ4n) is 1.58. The lowest BCUT2D eigenvalue weighted by Crippen LogP contribution is -2.33. The molecule has 5 heteroatoms. The molecule has 0 aliphatic carbocycles. The number of amides is 1. The molecule has 1 amide bonds. The van der Waals surface area contributed by atoms with Crippen molar-refractivity contribution in [1.82, 2.24) is 5.32 Å².